The van der Waals surface area contributed by atoms with Gasteiger partial charge in [0, 0.05) is 26.2 Å². The Morgan fingerprint density at radius 2 is 1.69 bits per heavy atom. The Morgan fingerprint density at radius 1 is 0.923 bits per heavy atom. The Balaban J connectivity index is 1.13. The Labute approximate surface area is 159 Å². The summed E-state index contributed by atoms with van der Waals surface area (Å²) >= 11 is 0. The summed E-state index contributed by atoms with van der Waals surface area (Å²) in [4.78, 5) is 2.69. The summed E-state index contributed by atoms with van der Waals surface area (Å²) in [5.74, 6) is 1.70. The summed E-state index contributed by atoms with van der Waals surface area (Å²) in [6.45, 7) is 5.48. The summed E-state index contributed by atoms with van der Waals surface area (Å²) in [5.41, 5.74) is 1.55. The molecule has 2 heterocycles. The minimum atomic E-state index is 0.368. The van der Waals surface area contributed by atoms with Gasteiger partial charge in [-0.25, -0.2) is 0 Å². The molecule has 26 heavy (non-hydrogen) atoms. The van der Waals surface area contributed by atoms with Gasteiger partial charge < -0.3 is 14.4 Å². The quantitative estimate of drug-likeness (QED) is 0.741. The van der Waals surface area contributed by atoms with Crippen LogP contribution in [0.15, 0.2) is 30.3 Å². The molecule has 1 aliphatic carbocycles. The van der Waals surface area contributed by atoms with E-state index in [4.69, 9.17) is 9.47 Å². The SMILES string of the molecule is c1ccc(C2CCC(CN3CCC(OCC4CCCO4)CC3)CC2)cc1. The van der Waals surface area contributed by atoms with Gasteiger partial charge in [0.2, 0.25) is 0 Å². The fourth-order valence-corrected chi connectivity index (χ4v) is 5.05. The molecule has 4 rings (SSSR count). The highest BCUT2D eigenvalue weighted by molar-refractivity contribution is 5.19. The zero-order valence-electron chi connectivity index (χ0n) is 16.2. The van der Waals surface area contributed by atoms with Crippen LogP contribution in [0.3, 0.4) is 0 Å². The highest BCUT2D eigenvalue weighted by atomic mass is 16.5. The molecule has 2 aliphatic heterocycles. The number of hydrogen-bond acceptors (Lipinski definition) is 3. The van der Waals surface area contributed by atoms with Crippen molar-refractivity contribution in [2.45, 2.75) is 69.5 Å². The molecule has 0 spiro atoms. The maximum atomic E-state index is 6.12. The minimum absolute atomic E-state index is 0.368. The van der Waals surface area contributed by atoms with Gasteiger partial charge >= 0.3 is 0 Å². The molecule has 1 saturated carbocycles. The lowest BCUT2D eigenvalue weighted by molar-refractivity contribution is -0.0435. The third-order valence-electron chi connectivity index (χ3n) is 6.71. The Bertz CT molecular complexity index is 512. The maximum Gasteiger partial charge on any atom is 0.0809 e. The van der Waals surface area contributed by atoms with Crippen molar-refractivity contribution in [3.8, 4) is 0 Å². The summed E-state index contributed by atoms with van der Waals surface area (Å²) in [5, 5.41) is 0. The standard InChI is InChI=1S/C23H35NO2/c1-2-5-20(6-3-1)21-10-8-19(9-11-21)17-24-14-12-22(13-15-24)26-18-23-7-4-16-25-23/h1-3,5-6,19,21-23H,4,7-18H2. The Morgan fingerprint density at radius 3 is 2.38 bits per heavy atom. The van der Waals surface area contributed by atoms with Crippen LogP contribution in [-0.2, 0) is 9.47 Å². The van der Waals surface area contributed by atoms with Crippen LogP contribution in [-0.4, -0.2) is 50.0 Å². The van der Waals surface area contributed by atoms with Crippen molar-refractivity contribution in [2.24, 2.45) is 5.92 Å². The van der Waals surface area contributed by atoms with E-state index < -0.39 is 0 Å². The van der Waals surface area contributed by atoms with E-state index in [0.717, 1.165) is 25.0 Å². The predicted molar refractivity (Wildman–Crippen MR) is 106 cm³/mol. The van der Waals surface area contributed by atoms with Gasteiger partial charge in [0.05, 0.1) is 18.8 Å². The van der Waals surface area contributed by atoms with Gasteiger partial charge in [-0.15, -0.1) is 0 Å². The Hall–Kier alpha value is -0.900. The van der Waals surface area contributed by atoms with Crippen LogP contribution < -0.4 is 0 Å². The molecule has 1 aromatic rings. The molecule has 0 amide bonds. The van der Waals surface area contributed by atoms with Crippen LogP contribution in [0.5, 0.6) is 0 Å². The van der Waals surface area contributed by atoms with Gasteiger partial charge in [-0.1, -0.05) is 30.3 Å². The predicted octanol–water partition coefficient (Wildman–Crippen LogP) is 4.62. The van der Waals surface area contributed by atoms with Gasteiger partial charge in [0.15, 0.2) is 0 Å². The molecule has 1 atom stereocenters. The van der Waals surface area contributed by atoms with Gasteiger partial charge in [0.25, 0.3) is 0 Å². The molecule has 3 heteroatoms. The van der Waals surface area contributed by atoms with Gasteiger partial charge in [-0.05, 0) is 68.8 Å². The van der Waals surface area contributed by atoms with Crippen molar-refractivity contribution in [1.82, 2.24) is 4.90 Å². The third-order valence-corrected chi connectivity index (χ3v) is 6.71. The van der Waals surface area contributed by atoms with E-state index in [9.17, 15) is 0 Å². The van der Waals surface area contributed by atoms with Crippen LogP contribution in [0.2, 0.25) is 0 Å². The first-order valence-corrected chi connectivity index (χ1v) is 10.9. The van der Waals surface area contributed by atoms with Crippen LogP contribution in [0, 0.1) is 5.92 Å². The summed E-state index contributed by atoms with van der Waals surface area (Å²) in [6.07, 6.45) is 11.2. The largest absolute Gasteiger partial charge is 0.376 e. The van der Waals surface area contributed by atoms with E-state index in [1.165, 1.54) is 71.0 Å². The van der Waals surface area contributed by atoms with Crippen molar-refractivity contribution in [3.63, 3.8) is 0 Å². The van der Waals surface area contributed by atoms with Crippen molar-refractivity contribution < 1.29 is 9.47 Å². The fraction of sp³-hybridized carbons (Fsp3) is 0.739. The molecule has 1 unspecified atom stereocenters. The van der Waals surface area contributed by atoms with Crippen LogP contribution in [0.1, 0.15) is 62.8 Å². The summed E-state index contributed by atoms with van der Waals surface area (Å²) < 4.78 is 11.8. The van der Waals surface area contributed by atoms with E-state index in [-0.39, 0.29) is 0 Å². The molecule has 0 bridgehead atoms. The highest BCUT2D eigenvalue weighted by Crippen LogP contribution is 2.36. The van der Waals surface area contributed by atoms with E-state index in [2.05, 4.69) is 35.2 Å². The van der Waals surface area contributed by atoms with Gasteiger partial charge in [0.1, 0.15) is 0 Å². The van der Waals surface area contributed by atoms with E-state index >= 15 is 0 Å². The Kier molecular flexibility index (Phi) is 6.63. The summed E-state index contributed by atoms with van der Waals surface area (Å²) in [7, 11) is 0. The lowest BCUT2D eigenvalue weighted by Crippen LogP contribution is -2.40. The number of likely N-dealkylation sites (tertiary alicyclic amines) is 1. The second-order valence-corrected chi connectivity index (χ2v) is 8.60. The average molecular weight is 358 g/mol. The van der Waals surface area contributed by atoms with E-state index in [1.54, 1.807) is 5.56 Å². The number of hydrogen-bond donors (Lipinski definition) is 0. The molecule has 144 valence electrons. The number of benzene rings is 1. The summed E-state index contributed by atoms with van der Waals surface area (Å²) in [6, 6.07) is 11.1. The first-order chi connectivity index (χ1) is 12.9. The maximum absolute atomic E-state index is 6.12. The van der Waals surface area contributed by atoms with E-state index in [0.29, 0.717) is 12.2 Å². The van der Waals surface area contributed by atoms with Crippen molar-refractivity contribution >= 4 is 0 Å². The van der Waals surface area contributed by atoms with Crippen LogP contribution in [0.4, 0.5) is 0 Å². The van der Waals surface area contributed by atoms with Crippen LogP contribution >= 0.6 is 0 Å². The molecule has 3 nitrogen and oxygen atoms in total. The number of piperidine rings is 1. The lowest BCUT2D eigenvalue weighted by Gasteiger charge is -2.36. The second-order valence-electron chi connectivity index (χ2n) is 8.60. The van der Waals surface area contributed by atoms with E-state index in [1.807, 2.05) is 0 Å². The molecule has 0 radical (unpaired) electrons. The molecular formula is C23H35NO2. The number of rotatable bonds is 6. The fourth-order valence-electron chi connectivity index (χ4n) is 5.05. The van der Waals surface area contributed by atoms with Gasteiger partial charge in [-0.3, -0.25) is 0 Å². The highest BCUT2D eigenvalue weighted by Gasteiger charge is 2.27. The molecule has 3 aliphatic rings. The monoisotopic (exact) mass is 357 g/mol. The van der Waals surface area contributed by atoms with Crippen molar-refractivity contribution in [3.05, 3.63) is 35.9 Å². The smallest absolute Gasteiger partial charge is 0.0809 e. The molecular weight excluding hydrogens is 322 g/mol. The third kappa shape index (κ3) is 5.09. The molecule has 0 N–H and O–H groups in total. The van der Waals surface area contributed by atoms with Crippen molar-refractivity contribution in [2.75, 3.05) is 32.8 Å². The lowest BCUT2D eigenvalue weighted by atomic mass is 9.78. The average Bonchev–Trinajstić information content (AvgIpc) is 3.22. The normalized spacial score (nSPS) is 31.3. The first-order valence-electron chi connectivity index (χ1n) is 10.9. The number of nitrogens with zero attached hydrogens (tertiary/aromatic N) is 1. The zero-order valence-corrected chi connectivity index (χ0v) is 16.2. The molecule has 0 aromatic heterocycles. The van der Waals surface area contributed by atoms with Crippen molar-refractivity contribution in [1.29, 1.82) is 0 Å². The molecule has 2 saturated heterocycles. The number of ether oxygens (including phenoxy) is 2. The first kappa shape index (κ1) is 18.5. The van der Waals surface area contributed by atoms with Crippen LogP contribution in [0.25, 0.3) is 0 Å². The molecule has 3 fully saturated rings. The molecule has 1 aromatic carbocycles. The zero-order chi connectivity index (χ0) is 17.6. The minimum Gasteiger partial charge on any atom is -0.376 e. The topological polar surface area (TPSA) is 21.7 Å². The second kappa shape index (κ2) is 9.34. The van der Waals surface area contributed by atoms with Gasteiger partial charge in [-0.2, -0.15) is 0 Å².